The lowest BCUT2D eigenvalue weighted by atomic mass is 10.2. The van der Waals surface area contributed by atoms with Gasteiger partial charge < -0.3 is 13.9 Å². The third-order valence-electron chi connectivity index (χ3n) is 4.14. The predicted octanol–water partition coefficient (Wildman–Crippen LogP) is 4.79. The molecule has 0 bridgehead atoms. The summed E-state index contributed by atoms with van der Waals surface area (Å²) in [4.78, 5) is 16.8. The van der Waals surface area contributed by atoms with Crippen molar-refractivity contribution in [1.82, 2.24) is 15.2 Å². The number of ether oxygens (including phenoxy) is 2. The second kappa shape index (κ2) is 8.24. The zero-order valence-electron chi connectivity index (χ0n) is 15.7. The van der Waals surface area contributed by atoms with Crippen molar-refractivity contribution < 1.29 is 18.7 Å². The summed E-state index contributed by atoms with van der Waals surface area (Å²) in [6, 6.07) is 16.9. The zero-order chi connectivity index (χ0) is 20.2. The molecule has 7 nitrogen and oxygen atoms in total. The fraction of sp³-hybridized carbons (Fsp3) is 0.143. The van der Waals surface area contributed by atoms with Crippen molar-refractivity contribution in [2.45, 2.75) is 13.0 Å². The summed E-state index contributed by atoms with van der Waals surface area (Å²) in [5.74, 6) is 0.738. The van der Waals surface area contributed by atoms with Crippen LogP contribution in [0.25, 0.3) is 22.0 Å². The van der Waals surface area contributed by atoms with Crippen LogP contribution in [0.3, 0.4) is 0 Å². The van der Waals surface area contributed by atoms with Gasteiger partial charge in [-0.1, -0.05) is 30.3 Å². The van der Waals surface area contributed by atoms with Gasteiger partial charge in [0.1, 0.15) is 10.8 Å². The lowest BCUT2D eigenvalue weighted by molar-refractivity contribution is 0.0274. The lowest BCUT2D eigenvalue weighted by Crippen LogP contribution is -2.10. The number of thiazole rings is 1. The summed E-state index contributed by atoms with van der Waals surface area (Å²) >= 11 is 1.38. The van der Waals surface area contributed by atoms with E-state index in [9.17, 15) is 4.79 Å². The van der Waals surface area contributed by atoms with Crippen molar-refractivity contribution >= 4 is 17.3 Å². The minimum atomic E-state index is -0.705. The fourth-order valence-corrected chi connectivity index (χ4v) is 3.40. The number of hydrogen-bond donors (Lipinski definition) is 0. The summed E-state index contributed by atoms with van der Waals surface area (Å²) in [6.07, 6.45) is -0.705. The van der Waals surface area contributed by atoms with Gasteiger partial charge in [0.15, 0.2) is 11.8 Å². The first-order valence-corrected chi connectivity index (χ1v) is 9.72. The average Bonchev–Trinajstić information content (AvgIpc) is 3.45. The highest BCUT2D eigenvalue weighted by molar-refractivity contribution is 7.13. The van der Waals surface area contributed by atoms with Gasteiger partial charge in [0.25, 0.3) is 5.89 Å². The topological polar surface area (TPSA) is 87.3 Å². The summed E-state index contributed by atoms with van der Waals surface area (Å²) in [6.45, 7) is 1.67. The van der Waals surface area contributed by atoms with Crippen LogP contribution in [0.15, 0.2) is 64.4 Å². The normalized spacial score (nSPS) is 11.8. The van der Waals surface area contributed by atoms with E-state index in [1.165, 1.54) is 11.3 Å². The van der Waals surface area contributed by atoms with Gasteiger partial charge in [0.05, 0.1) is 7.11 Å². The number of hydrogen-bond acceptors (Lipinski definition) is 8. The molecule has 1 atom stereocenters. The van der Waals surface area contributed by atoms with Gasteiger partial charge >= 0.3 is 5.97 Å². The van der Waals surface area contributed by atoms with Gasteiger partial charge in [-0.15, -0.1) is 21.5 Å². The van der Waals surface area contributed by atoms with E-state index < -0.39 is 12.1 Å². The molecule has 146 valence electrons. The van der Waals surface area contributed by atoms with Crippen LogP contribution in [0, 0.1) is 0 Å². The number of rotatable bonds is 6. The minimum Gasteiger partial charge on any atom is -0.497 e. The Balaban J connectivity index is 1.44. The van der Waals surface area contributed by atoms with E-state index >= 15 is 0 Å². The minimum absolute atomic E-state index is 0.211. The van der Waals surface area contributed by atoms with Crippen molar-refractivity contribution in [1.29, 1.82) is 0 Å². The summed E-state index contributed by atoms with van der Waals surface area (Å²) in [5.41, 5.74) is 1.94. The molecule has 0 aliphatic rings. The lowest BCUT2D eigenvalue weighted by Gasteiger charge is -2.07. The Hall–Kier alpha value is -3.52. The molecule has 0 saturated carbocycles. The number of benzene rings is 2. The van der Waals surface area contributed by atoms with Crippen LogP contribution >= 0.6 is 11.3 Å². The SMILES string of the molecule is COc1ccc(-c2nnc([C@H](C)OC(=O)c3csc(-c4ccccc4)n3)o2)cc1. The first-order valence-electron chi connectivity index (χ1n) is 8.84. The van der Waals surface area contributed by atoms with Crippen molar-refractivity contribution in [2.75, 3.05) is 7.11 Å². The molecule has 4 rings (SSSR count). The molecule has 4 aromatic rings. The Kier molecular flexibility index (Phi) is 5.35. The summed E-state index contributed by atoms with van der Waals surface area (Å²) < 4.78 is 16.2. The number of carbonyl (C=O) groups excluding carboxylic acids is 1. The van der Waals surface area contributed by atoms with Crippen molar-refractivity contribution in [3.05, 3.63) is 71.6 Å². The molecule has 0 amide bonds. The van der Waals surface area contributed by atoms with Crippen LogP contribution < -0.4 is 4.74 Å². The van der Waals surface area contributed by atoms with Gasteiger partial charge in [-0.2, -0.15) is 0 Å². The third kappa shape index (κ3) is 4.17. The zero-order valence-corrected chi connectivity index (χ0v) is 16.6. The first-order chi connectivity index (χ1) is 14.1. The highest BCUT2D eigenvalue weighted by Crippen LogP contribution is 2.27. The van der Waals surface area contributed by atoms with E-state index in [2.05, 4.69) is 15.2 Å². The molecule has 0 radical (unpaired) electrons. The van der Waals surface area contributed by atoms with E-state index in [-0.39, 0.29) is 11.6 Å². The largest absolute Gasteiger partial charge is 0.497 e. The number of esters is 1. The second-order valence-electron chi connectivity index (χ2n) is 6.13. The van der Waals surface area contributed by atoms with Crippen molar-refractivity contribution in [3.8, 4) is 27.8 Å². The highest BCUT2D eigenvalue weighted by atomic mass is 32.1. The predicted molar refractivity (Wildman–Crippen MR) is 108 cm³/mol. The number of methoxy groups -OCH3 is 1. The molecule has 0 aliphatic carbocycles. The average molecular weight is 407 g/mol. The quantitative estimate of drug-likeness (QED) is 0.425. The van der Waals surface area contributed by atoms with Crippen molar-refractivity contribution in [3.63, 3.8) is 0 Å². The van der Waals surface area contributed by atoms with Crippen LogP contribution in [-0.2, 0) is 4.74 Å². The van der Waals surface area contributed by atoms with E-state index in [1.54, 1.807) is 31.5 Å². The number of aromatic nitrogens is 3. The third-order valence-corrected chi connectivity index (χ3v) is 5.03. The maximum absolute atomic E-state index is 12.4. The Morgan fingerprint density at radius 1 is 1.03 bits per heavy atom. The van der Waals surface area contributed by atoms with E-state index in [0.717, 1.165) is 21.9 Å². The number of carbonyl (C=O) groups is 1. The van der Waals surface area contributed by atoms with Crippen molar-refractivity contribution in [2.24, 2.45) is 0 Å². The van der Waals surface area contributed by atoms with E-state index in [0.29, 0.717) is 5.89 Å². The van der Waals surface area contributed by atoms with Crippen LogP contribution in [0.5, 0.6) is 5.75 Å². The first kappa shape index (κ1) is 18.8. The second-order valence-corrected chi connectivity index (χ2v) is 6.98. The molecule has 0 unspecified atom stereocenters. The molecule has 8 heteroatoms. The van der Waals surface area contributed by atoms with Gasteiger partial charge in [0, 0.05) is 16.5 Å². The monoisotopic (exact) mass is 407 g/mol. The summed E-state index contributed by atoms with van der Waals surface area (Å²) in [5, 5.41) is 10.4. The molecular weight excluding hydrogens is 390 g/mol. The van der Waals surface area contributed by atoms with E-state index in [4.69, 9.17) is 13.9 Å². The number of nitrogens with zero attached hydrogens (tertiary/aromatic N) is 3. The van der Waals surface area contributed by atoms with Gasteiger partial charge in [0.2, 0.25) is 5.89 Å². The standard InChI is InChI=1S/C21H17N3O4S/c1-13(18-23-24-19(28-18)14-8-10-16(26-2)11-9-14)27-21(25)17-12-29-20(22-17)15-6-4-3-5-7-15/h3-13H,1-2H3/t13-/m0/s1. The highest BCUT2D eigenvalue weighted by Gasteiger charge is 2.22. The van der Waals surface area contributed by atoms with Crippen LogP contribution in [0.1, 0.15) is 29.4 Å². The maximum atomic E-state index is 12.4. The molecule has 0 N–H and O–H groups in total. The Morgan fingerprint density at radius 3 is 2.52 bits per heavy atom. The Morgan fingerprint density at radius 2 is 1.79 bits per heavy atom. The molecule has 29 heavy (non-hydrogen) atoms. The van der Waals surface area contributed by atoms with Crippen LogP contribution in [0.2, 0.25) is 0 Å². The molecule has 2 heterocycles. The Bertz CT molecular complexity index is 1110. The molecule has 0 spiro atoms. The Labute approximate surface area is 171 Å². The van der Waals surface area contributed by atoms with Gasteiger partial charge in [-0.05, 0) is 31.2 Å². The maximum Gasteiger partial charge on any atom is 0.358 e. The van der Waals surface area contributed by atoms with Crippen LogP contribution in [0.4, 0.5) is 0 Å². The molecule has 2 aromatic carbocycles. The van der Waals surface area contributed by atoms with Gasteiger partial charge in [-0.25, -0.2) is 9.78 Å². The molecule has 0 saturated heterocycles. The van der Waals surface area contributed by atoms with Gasteiger partial charge in [-0.3, -0.25) is 0 Å². The van der Waals surface area contributed by atoms with E-state index in [1.807, 2.05) is 42.5 Å². The summed E-state index contributed by atoms with van der Waals surface area (Å²) in [7, 11) is 1.60. The molecule has 0 aliphatic heterocycles. The molecule has 0 fully saturated rings. The smallest absolute Gasteiger partial charge is 0.358 e. The molecule has 2 aromatic heterocycles. The van der Waals surface area contributed by atoms with Crippen LogP contribution in [-0.4, -0.2) is 28.3 Å². The fourth-order valence-electron chi connectivity index (χ4n) is 2.60. The molecular formula is C21H17N3O4S.